The molecular weight excluding hydrogens is 460 g/mol. The lowest BCUT2D eigenvalue weighted by Crippen LogP contribution is -2.39. The quantitative estimate of drug-likeness (QED) is 0.402. The molecule has 1 aliphatic rings. The van der Waals surface area contributed by atoms with Crippen molar-refractivity contribution in [2.24, 2.45) is 4.99 Å². The first kappa shape index (κ1) is 22.8. The number of allylic oxidation sites excluding steroid dienone is 1. The molecule has 0 fully saturated rings. The molecule has 5 rings (SSSR count). The largest absolute Gasteiger partial charge is 0.496 e. The van der Waals surface area contributed by atoms with Gasteiger partial charge in [-0.25, -0.2) is 9.79 Å². The third kappa shape index (κ3) is 3.98. The molecule has 0 aliphatic carbocycles. The number of carbonyl (C=O) groups excluding carboxylic acids is 1. The van der Waals surface area contributed by atoms with Crippen LogP contribution < -0.4 is 19.6 Å². The molecule has 0 N–H and O–H groups in total. The molecule has 1 aromatic heterocycles. The van der Waals surface area contributed by atoms with Crippen molar-refractivity contribution in [2.75, 3.05) is 13.7 Å². The highest BCUT2D eigenvalue weighted by Gasteiger charge is 2.33. The van der Waals surface area contributed by atoms with Gasteiger partial charge >= 0.3 is 5.97 Å². The summed E-state index contributed by atoms with van der Waals surface area (Å²) < 4.78 is 13.1. The summed E-state index contributed by atoms with van der Waals surface area (Å²) in [6, 6.07) is 20.8. The van der Waals surface area contributed by atoms with Crippen molar-refractivity contribution < 1.29 is 14.3 Å². The van der Waals surface area contributed by atoms with Crippen molar-refractivity contribution >= 4 is 34.2 Å². The van der Waals surface area contributed by atoms with E-state index in [0.717, 1.165) is 21.9 Å². The lowest BCUT2D eigenvalue weighted by molar-refractivity contribution is -0.139. The highest BCUT2D eigenvalue weighted by Crippen LogP contribution is 2.31. The van der Waals surface area contributed by atoms with Crippen LogP contribution in [0.25, 0.3) is 16.8 Å². The zero-order valence-corrected chi connectivity index (χ0v) is 20.5. The van der Waals surface area contributed by atoms with Crippen LogP contribution in [0, 0.1) is 0 Å². The van der Waals surface area contributed by atoms with Crippen molar-refractivity contribution in [3.05, 3.63) is 109 Å². The molecule has 2 heterocycles. The maximum atomic E-state index is 13.8. The number of nitrogens with zero attached hydrogens (tertiary/aromatic N) is 2. The van der Waals surface area contributed by atoms with Crippen LogP contribution in [0.15, 0.2) is 87.8 Å². The van der Waals surface area contributed by atoms with E-state index in [9.17, 15) is 9.59 Å². The summed E-state index contributed by atoms with van der Waals surface area (Å²) in [5, 5.41) is 2.04. The van der Waals surface area contributed by atoms with Gasteiger partial charge in [0.25, 0.3) is 5.56 Å². The average Bonchev–Trinajstić information content (AvgIpc) is 3.18. The fraction of sp³-hybridized carbons (Fsp3) is 0.179. The number of methoxy groups -OCH3 is 1. The Kier molecular flexibility index (Phi) is 6.09. The second-order valence-electron chi connectivity index (χ2n) is 8.12. The number of thiazole rings is 1. The summed E-state index contributed by atoms with van der Waals surface area (Å²) in [6.45, 7) is 3.79. The molecular formula is C28H24N2O4S. The molecule has 0 saturated heterocycles. The highest BCUT2D eigenvalue weighted by molar-refractivity contribution is 7.07. The predicted octanol–water partition coefficient (Wildman–Crippen LogP) is 3.96. The molecule has 0 bridgehead atoms. The van der Waals surface area contributed by atoms with Crippen LogP contribution in [0.5, 0.6) is 5.75 Å². The normalized spacial score (nSPS) is 15.6. The first-order chi connectivity index (χ1) is 17.0. The second kappa shape index (κ2) is 9.35. The number of hydrogen-bond donors (Lipinski definition) is 0. The van der Waals surface area contributed by atoms with E-state index in [1.165, 1.54) is 11.3 Å². The Morgan fingerprint density at radius 1 is 1.09 bits per heavy atom. The average molecular weight is 485 g/mol. The van der Waals surface area contributed by atoms with Gasteiger partial charge in [0.2, 0.25) is 0 Å². The van der Waals surface area contributed by atoms with Crippen LogP contribution in [-0.2, 0) is 9.53 Å². The monoisotopic (exact) mass is 484 g/mol. The summed E-state index contributed by atoms with van der Waals surface area (Å²) >= 11 is 1.30. The summed E-state index contributed by atoms with van der Waals surface area (Å²) in [5.41, 5.74) is 2.35. The number of carbonyl (C=O) groups is 1. The van der Waals surface area contributed by atoms with Gasteiger partial charge in [-0.1, -0.05) is 72.0 Å². The van der Waals surface area contributed by atoms with Crippen LogP contribution in [0.4, 0.5) is 0 Å². The van der Waals surface area contributed by atoms with Gasteiger partial charge in [0.15, 0.2) is 4.80 Å². The van der Waals surface area contributed by atoms with Gasteiger partial charge in [0.1, 0.15) is 5.75 Å². The second-order valence-corrected chi connectivity index (χ2v) is 9.12. The van der Waals surface area contributed by atoms with E-state index in [1.54, 1.807) is 25.5 Å². The maximum absolute atomic E-state index is 13.8. The Labute approximate surface area is 206 Å². The molecule has 35 heavy (non-hydrogen) atoms. The lowest BCUT2D eigenvalue weighted by atomic mass is 9.96. The van der Waals surface area contributed by atoms with E-state index >= 15 is 0 Å². The number of benzene rings is 3. The number of hydrogen-bond acceptors (Lipinski definition) is 6. The first-order valence-corrected chi connectivity index (χ1v) is 12.2. The Morgan fingerprint density at radius 2 is 1.83 bits per heavy atom. The van der Waals surface area contributed by atoms with Crippen molar-refractivity contribution in [3.63, 3.8) is 0 Å². The van der Waals surface area contributed by atoms with E-state index in [4.69, 9.17) is 9.47 Å². The molecule has 3 aromatic carbocycles. The first-order valence-electron chi connectivity index (χ1n) is 11.3. The van der Waals surface area contributed by atoms with Crippen LogP contribution in [0.3, 0.4) is 0 Å². The minimum atomic E-state index is -0.622. The number of fused-ring (bicyclic) bond motifs is 2. The Hall–Kier alpha value is -3.97. The molecule has 1 atom stereocenters. The van der Waals surface area contributed by atoms with E-state index in [2.05, 4.69) is 4.99 Å². The van der Waals surface area contributed by atoms with Crippen molar-refractivity contribution in [1.82, 2.24) is 4.57 Å². The molecule has 1 unspecified atom stereocenters. The highest BCUT2D eigenvalue weighted by atomic mass is 32.1. The van der Waals surface area contributed by atoms with Crippen LogP contribution >= 0.6 is 11.3 Å². The number of rotatable bonds is 5. The summed E-state index contributed by atoms with van der Waals surface area (Å²) in [5.74, 6) is 0.213. The Balaban J connectivity index is 1.78. The van der Waals surface area contributed by atoms with Gasteiger partial charge in [-0.2, -0.15) is 0 Å². The van der Waals surface area contributed by atoms with E-state index < -0.39 is 12.0 Å². The fourth-order valence-electron chi connectivity index (χ4n) is 4.48. The zero-order chi connectivity index (χ0) is 24.5. The third-order valence-corrected chi connectivity index (χ3v) is 7.04. The fourth-order valence-corrected chi connectivity index (χ4v) is 5.50. The van der Waals surface area contributed by atoms with E-state index in [0.29, 0.717) is 26.4 Å². The van der Waals surface area contributed by atoms with Gasteiger partial charge in [0, 0.05) is 5.56 Å². The molecule has 4 aromatic rings. The van der Waals surface area contributed by atoms with Crippen molar-refractivity contribution in [2.45, 2.75) is 19.9 Å². The Bertz CT molecular complexity index is 1650. The van der Waals surface area contributed by atoms with Crippen LogP contribution in [0.1, 0.15) is 31.0 Å². The number of esters is 1. The zero-order valence-electron chi connectivity index (χ0n) is 19.6. The van der Waals surface area contributed by atoms with Gasteiger partial charge < -0.3 is 9.47 Å². The van der Waals surface area contributed by atoms with Gasteiger partial charge in [-0.3, -0.25) is 9.36 Å². The minimum Gasteiger partial charge on any atom is -0.496 e. The maximum Gasteiger partial charge on any atom is 0.338 e. The van der Waals surface area contributed by atoms with Crippen LogP contribution in [0.2, 0.25) is 0 Å². The summed E-state index contributed by atoms with van der Waals surface area (Å²) in [7, 11) is 1.62. The number of ether oxygens (including phenoxy) is 2. The van der Waals surface area contributed by atoms with Gasteiger partial charge in [0.05, 0.1) is 35.6 Å². The topological polar surface area (TPSA) is 69.9 Å². The van der Waals surface area contributed by atoms with Gasteiger partial charge in [-0.15, -0.1) is 0 Å². The minimum absolute atomic E-state index is 0.216. The van der Waals surface area contributed by atoms with E-state index in [-0.39, 0.29) is 12.2 Å². The predicted molar refractivity (Wildman–Crippen MR) is 137 cm³/mol. The van der Waals surface area contributed by atoms with Crippen molar-refractivity contribution in [1.29, 1.82) is 0 Å². The molecule has 0 amide bonds. The standard InChI is InChI=1S/C28H24N2O4S/c1-4-34-27(32)24-17(2)29-28-30(25(24)19-11-6-5-7-12-19)26(31)23(35-28)16-21-20-13-9-8-10-18(20)14-15-22(21)33-3/h5-16,25H,4H2,1-3H3/b23-16+. The summed E-state index contributed by atoms with van der Waals surface area (Å²) in [4.78, 5) is 32.0. The molecule has 1 aliphatic heterocycles. The molecule has 6 nitrogen and oxygen atoms in total. The summed E-state index contributed by atoms with van der Waals surface area (Å²) in [6.07, 6.45) is 1.86. The molecule has 176 valence electrons. The Morgan fingerprint density at radius 3 is 2.57 bits per heavy atom. The van der Waals surface area contributed by atoms with E-state index in [1.807, 2.05) is 72.8 Å². The molecule has 7 heteroatoms. The van der Waals surface area contributed by atoms with Crippen LogP contribution in [-0.4, -0.2) is 24.3 Å². The van der Waals surface area contributed by atoms with Gasteiger partial charge in [-0.05, 0) is 42.3 Å². The SMILES string of the molecule is CCOC(=O)C1=C(C)N=c2s/c(=C/c3c(OC)ccc4ccccc34)c(=O)n2C1c1ccccc1. The molecule has 0 spiro atoms. The molecule has 0 saturated carbocycles. The lowest BCUT2D eigenvalue weighted by Gasteiger charge is -2.24. The smallest absolute Gasteiger partial charge is 0.338 e. The molecule has 0 radical (unpaired) electrons. The number of aromatic nitrogens is 1. The van der Waals surface area contributed by atoms with Crippen molar-refractivity contribution in [3.8, 4) is 5.75 Å². The third-order valence-electron chi connectivity index (χ3n) is 6.06.